The molecule has 21 heavy (non-hydrogen) atoms. The Bertz CT molecular complexity index is 466. The molecular formula is C17H28N4. The second-order valence-corrected chi connectivity index (χ2v) is 6.29. The van der Waals surface area contributed by atoms with Gasteiger partial charge in [-0.25, -0.2) is 4.98 Å². The van der Waals surface area contributed by atoms with Crippen LogP contribution < -0.4 is 10.6 Å². The quantitative estimate of drug-likeness (QED) is 0.898. The van der Waals surface area contributed by atoms with Gasteiger partial charge in [-0.1, -0.05) is 13.0 Å². The summed E-state index contributed by atoms with van der Waals surface area (Å²) in [5.41, 5.74) is 8.54. The Morgan fingerprint density at radius 1 is 1.19 bits per heavy atom. The molecule has 2 heterocycles. The zero-order valence-corrected chi connectivity index (χ0v) is 13.2. The largest absolute Gasteiger partial charge is 0.354 e. The van der Waals surface area contributed by atoms with Crippen molar-refractivity contribution in [3.8, 4) is 0 Å². The SMILES string of the molecule is CCC(CCN)N1CCN(c2ccc3c(n2)CCC3)CC1. The summed E-state index contributed by atoms with van der Waals surface area (Å²) < 4.78 is 0. The van der Waals surface area contributed by atoms with Crippen molar-refractivity contribution in [2.75, 3.05) is 37.6 Å². The van der Waals surface area contributed by atoms with Gasteiger partial charge in [-0.05, 0) is 50.3 Å². The third-order valence-electron chi connectivity index (χ3n) is 5.04. The fraction of sp³-hybridized carbons (Fsp3) is 0.706. The standard InChI is InChI=1S/C17H28N4/c1-2-15(8-9-18)20-10-12-21(13-11-20)17-7-6-14-4-3-5-16(14)19-17/h6-7,15H,2-5,8-13,18H2,1H3. The number of fused-ring (bicyclic) bond motifs is 1. The van der Waals surface area contributed by atoms with Gasteiger partial charge < -0.3 is 10.6 Å². The van der Waals surface area contributed by atoms with E-state index in [1.165, 1.54) is 36.3 Å². The summed E-state index contributed by atoms with van der Waals surface area (Å²) in [6.07, 6.45) is 5.98. The second-order valence-electron chi connectivity index (χ2n) is 6.29. The topological polar surface area (TPSA) is 45.4 Å². The molecule has 2 N–H and O–H groups in total. The lowest BCUT2D eigenvalue weighted by Gasteiger charge is -2.39. The highest BCUT2D eigenvalue weighted by molar-refractivity contribution is 5.43. The Morgan fingerprint density at radius 3 is 2.71 bits per heavy atom. The highest BCUT2D eigenvalue weighted by atomic mass is 15.3. The van der Waals surface area contributed by atoms with E-state index in [-0.39, 0.29) is 0 Å². The zero-order chi connectivity index (χ0) is 14.7. The van der Waals surface area contributed by atoms with E-state index in [4.69, 9.17) is 10.7 Å². The maximum Gasteiger partial charge on any atom is 0.128 e. The maximum atomic E-state index is 5.73. The normalized spacial score (nSPS) is 20.6. The van der Waals surface area contributed by atoms with Crippen molar-refractivity contribution in [2.45, 2.75) is 45.1 Å². The molecule has 1 saturated heterocycles. The van der Waals surface area contributed by atoms with Crippen LogP contribution in [-0.2, 0) is 12.8 Å². The predicted molar refractivity (Wildman–Crippen MR) is 87.8 cm³/mol. The molecular weight excluding hydrogens is 260 g/mol. The first-order valence-electron chi connectivity index (χ1n) is 8.49. The van der Waals surface area contributed by atoms with Gasteiger partial charge in [-0.15, -0.1) is 0 Å². The fourth-order valence-corrected chi connectivity index (χ4v) is 3.74. The minimum Gasteiger partial charge on any atom is -0.354 e. The number of hydrogen-bond acceptors (Lipinski definition) is 4. The van der Waals surface area contributed by atoms with E-state index in [2.05, 4.69) is 28.9 Å². The molecule has 1 fully saturated rings. The van der Waals surface area contributed by atoms with Crippen LogP contribution in [0.5, 0.6) is 0 Å². The lowest BCUT2D eigenvalue weighted by atomic mass is 10.1. The van der Waals surface area contributed by atoms with Crippen LogP contribution in [0.4, 0.5) is 5.82 Å². The van der Waals surface area contributed by atoms with Crippen LogP contribution in [0.15, 0.2) is 12.1 Å². The van der Waals surface area contributed by atoms with Crippen molar-refractivity contribution >= 4 is 5.82 Å². The van der Waals surface area contributed by atoms with Crippen molar-refractivity contribution in [2.24, 2.45) is 5.73 Å². The molecule has 2 aliphatic rings. The Kier molecular flexibility index (Phi) is 4.76. The average molecular weight is 288 g/mol. The molecule has 0 amide bonds. The highest BCUT2D eigenvalue weighted by Crippen LogP contribution is 2.24. The van der Waals surface area contributed by atoms with Gasteiger partial charge >= 0.3 is 0 Å². The molecule has 116 valence electrons. The lowest BCUT2D eigenvalue weighted by molar-refractivity contribution is 0.173. The summed E-state index contributed by atoms with van der Waals surface area (Å²) >= 11 is 0. The number of hydrogen-bond donors (Lipinski definition) is 1. The van der Waals surface area contributed by atoms with Gasteiger partial charge in [0.25, 0.3) is 0 Å². The van der Waals surface area contributed by atoms with Gasteiger partial charge in [0.15, 0.2) is 0 Å². The second kappa shape index (κ2) is 6.75. The number of nitrogens with two attached hydrogens (primary N) is 1. The minimum atomic E-state index is 0.658. The number of rotatable bonds is 5. The number of piperazine rings is 1. The van der Waals surface area contributed by atoms with Crippen LogP contribution in [0, 0.1) is 0 Å². The van der Waals surface area contributed by atoms with E-state index in [1.807, 2.05) is 0 Å². The molecule has 1 aromatic rings. The van der Waals surface area contributed by atoms with Gasteiger partial charge in [0, 0.05) is 37.9 Å². The molecule has 4 heteroatoms. The van der Waals surface area contributed by atoms with E-state index in [0.29, 0.717) is 6.04 Å². The maximum absolute atomic E-state index is 5.73. The zero-order valence-electron chi connectivity index (χ0n) is 13.2. The summed E-state index contributed by atoms with van der Waals surface area (Å²) in [6, 6.07) is 5.17. The molecule has 1 atom stereocenters. The van der Waals surface area contributed by atoms with Crippen LogP contribution in [0.1, 0.15) is 37.4 Å². The molecule has 1 aliphatic carbocycles. The lowest BCUT2D eigenvalue weighted by Crippen LogP contribution is -2.51. The molecule has 1 aliphatic heterocycles. The molecule has 0 spiro atoms. The van der Waals surface area contributed by atoms with E-state index >= 15 is 0 Å². The van der Waals surface area contributed by atoms with Crippen LogP contribution >= 0.6 is 0 Å². The van der Waals surface area contributed by atoms with Gasteiger partial charge in [-0.3, -0.25) is 4.90 Å². The summed E-state index contributed by atoms with van der Waals surface area (Å²) in [5.74, 6) is 1.18. The first-order chi connectivity index (χ1) is 10.3. The molecule has 0 bridgehead atoms. The van der Waals surface area contributed by atoms with Gasteiger partial charge in [0.1, 0.15) is 5.82 Å². The molecule has 1 unspecified atom stereocenters. The van der Waals surface area contributed by atoms with Crippen molar-refractivity contribution < 1.29 is 0 Å². The van der Waals surface area contributed by atoms with E-state index in [9.17, 15) is 0 Å². The van der Waals surface area contributed by atoms with Gasteiger partial charge in [-0.2, -0.15) is 0 Å². The Hall–Kier alpha value is -1.13. The number of anilines is 1. The smallest absolute Gasteiger partial charge is 0.128 e. The van der Waals surface area contributed by atoms with Crippen molar-refractivity contribution in [3.63, 3.8) is 0 Å². The fourth-order valence-electron chi connectivity index (χ4n) is 3.74. The van der Waals surface area contributed by atoms with Gasteiger partial charge in [0.2, 0.25) is 0 Å². The highest BCUT2D eigenvalue weighted by Gasteiger charge is 2.23. The number of aromatic nitrogens is 1. The molecule has 0 aromatic carbocycles. The average Bonchev–Trinajstić information content (AvgIpc) is 3.00. The minimum absolute atomic E-state index is 0.658. The summed E-state index contributed by atoms with van der Waals surface area (Å²) in [7, 11) is 0. The molecule has 4 nitrogen and oxygen atoms in total. The molecule has 1 aromatic heterocycles. The molecule has 0 saturated carbocycles. The number of nitrogens with zero attached hydrogens (tertiary/aromatic N) is 3. The Labute approximate surface area is 128 Å². The van der Waals surface area contributed by atoms with E-state index in [1.54, 1.807) is 0 Å². The van der Waals surface area contributed by atoms with Gasteiger partial charge in [0.05, 0.1) is 0 Å². The van der Waals surface area contributed by atoms with Crippen molar-refractivity contribution in [1.82, 2.24) is 9.88 Å². The first-order valence-corrected chi connectivity index (χ1v) is 8.49. The number of pyridine rings is 1. The molecule has 0 radical (unpaired) electrons. The van der Waals surface area contributed by atoms with Crippen LogP contribution in [0.3, 0.4) is 0 Å². The molecule has 3 rings (SSSR count). The van der Waals surface area contributed by atoms with Crippen LogP contribution in [0.2, 0.25) is 0 Å². The van der Waals surface area contributed by atoms with Crippen molar-refractivity contribution in [3.05, 3.63) is 23.4 Å². The first kappa shape index (κ1) is 14.8. The summed E-state index contributed by atoms with van der Waals surface area (Å²) in [5, 5.41) is 0. The van der Waals surface area contributed by atoms with Crippen LogP contribution in [-0.4, -0.2) is 48.6 Å². The predicted octanol–water partition coefficient (Wildman–Crippen LogP) is 1.82. The Balaban J connectivity index is 1.60. The number of aryl methyl sites for hydroxylation is 2. The van der Waals surface area contributed by atoms with E-state index in [0.717, 1.165) is 45.6 Å². The third-order valence-corrected chi connectivity index (χ3v) is 5.04. The van der Waals surface area contributed by atoms with Crippen LogP contribution in [0.25, 0.3) is 0 Å². The Morgan fingerprint density at radius 2 is 2.00 bits per heavy atom. The van der Waals surface area contributed by atoms with E-state index < -0.39 is 0 Å². The summed E-state index contributed by atoms with van der Waals surface area (Å²) in [4.78, 5) is 9.95. The third kappa shape index (κ3) is 3.22. The van der Waals surface area contributed by atoms with Crippen molar-refractivity contribution in [1.29, 1.82) is 0 Å². The summed E-state index contributed by atoms with van der Waals surface area (Å²) in [6.45, 7) is 7.52. The monoisotopic (exact) mass is 288 g/mol.